The lowest BCUT2D eigenvalue weighted by Crippen LogP contribution is -2.38. The monoisotopic (exact) mass is 238 g/mol. The highest BCUT2D eigenvalue weighted by molar-refractivity contribution is 8.17. The SMILES string of the molecule is C[C@H]([C@H](O)CO)[C@@H](O)C1SCCCS1. The van der Waals surface area contributed by atoms with E-state index in [1.165, 1.54) is 6.42 Å². The van der Waals surface area contributed by atoms with Gasteiger partial charge in [0.2, 0.25) is 0 Å². The molecule has 0 spiro atoms. The van der Waals surface area contributed by atoms with E-state index in [2.05, 4.69) is 0 Å². The van der Waals surface area contributed by atoms with Gasteiger partial charge in [-0.15, -0.1) is 23.5 Å². The normalized spacial score (nSPS) is 25.7. The van der Waals surface area contributed by atoms with Gasteiger partial charge in [-0.1, -0.05) is 6.92 Å². The molecule has 0 radical (unpaired) electrons. The van der Waals surface area contributed by atoms with Crippen LogP contribution in [0.25, 0.3) is 0 Å². The van der Waals surface area contributed by atoms with E-state index in [1.54, 1.807) is 30.4 Å². The van der Waals surface area contributed by atoms with Crippen LogP contribution in [0, 0.1) is 5.92 Å². The fourth-order valence-corrected chi connectivity index (χ4v) is 4.47. The van der Waals surface area contributed by atoms with Crippen LogP contribution in [0.1, 0.15) is 13.3 Å². The van der Waals surface area contributed by atoms with Crippen molar-refractivity contribution >= 4 is 23.5 Å². The molecule has 1 fully saturated rings. The molecule has 0 unspecified atom stereocenters. The topological polar surface area (TPSA) is 60.7 Å². The van der Waals surface area contributed by atoms with Gasteiger partial charge in [0, 0.05) is 5.92 Å². The van der Waals surface area contributed by atoms with E-state index < -0.39 is 12.2 Å². The Morgan fingerprint density at radius 2 is 1.86 bits per heavy atom. The molecule has 3 nitrogen and oxygen atoms in total. The first-order chi connectivity index (χ1) is 6.66. The van der Waals surface area contributed by atoms with Crippen molar-refractivity contribution in [3.05, 3.63) is 0 Å². The Morgan fingerprint density at radius 3 is 2.36 bits per heavy atom. The molecule has 3 N–H and O–H groups in total. The van der Waals surface area contributed by atoms with Gasteiger partial charge in [-0.25, -0.2) is 0 Å². The summed E-state index contributed by atoms with van der Waals surface area (Å²) in [6.45, 7) is 1.50. The summed E-state index contributed by atoms with van der Waals surface area (Å²) in [7, 11) is 0. The first kappa shape index (κ1) is 12.6. The second-order valence-corrected chi connectivity index (χ2v) is 6.36. The Hall–Kier alpha value is 0.580. The quantitative estimate of drug-likeness (QED) is 0.667. The van der Waals surface area contributed by atoms with Crippen LogP contribution >= 0.6 is 23.5 Å². The molecule has 0 bridgehead atoms. The molecule has 0 saturated carbocycles. The Labute approximate surface area is 93.3 Å². The number of rotatable bonds is 4. The molecule has 1 aliphatic rings. The Kier molecular flexibility index (Phi) is 5.62. The van der Waals surface area contributed by atoms with Crippen LogP contribution in [0.3, 0.4) is 0 Å². The number of aliphatic hydroxyl groups excluding tert-OH is 3. The molecule has 0 aromatic heterocycles. The van der Waals surface area contributed by atoms with Crippen molar-refractivity contribution in [3.8, 4) is 0 Å². The molecule has 1 saturated heterocycles. The van der Waals surface area contributed by atoms with Crippen molar-refractivity contribution in [1.29, 1.82) is 0 Å². The minimum atomic E-state index is -0.812. The van der Waals surface area contributed by atoms with Gasteiger partial charge in [0.15, 0.2) is 0 Å². The van der Waals surface area contributed by atoms with E-state index in [1.807, 2.05) is 0 Å². The molecule has 3 atom stereocenters. The van der Waals surface area contributed by atoms with E-state index in [0.29, 0.717) is 0 Å². The molecule has 1 heterocycles. The number of thioether (sulfide) groups is 2. The maximum absolute atomic E-state index is 9.93. The molecule has 14 heavy (non-hydrogen) atoms. The number of aliphatic hydroxyl groups is 3. The van der Waals surface area contributed by atoms with Crippen molar-refractivity contribution in [2.45, 2.75) is 30.1 Å². The van der Waals surface area contributed by atoms with Crippen LogP contribution in [-0.4, -0.2) is 50.2 Å². The zero-order chi connectivity index (χ0) is 10.6. The van der Waals surface area contributed by atoms with E-state index >= 15 is 0 Å². The first-order valence-corrected chi connectivity index (χ1v) is 6.96. The summed E-state index contributed by atoms with van der Waals surface area (Å²) >= 11 is 3.50. The fourth-order valence-electron chi connectivity index (χ4n) is 1.34. The third kappa shape index (κ3) is 3.31. The van der Waals surface area contributed by atoms with E-state index in [-0.39, 0.29) is 17.1 Å². The Balaban J connectivity index is 2.41. The third-order valence-corrected chi connectivity index (χ3v) is 5.54. The van der Waals surface area contributed by atoms with Gasteiger partial charge in [0.25, 0.3) is 0 Å². The summed E-state index contributed by atoms with van der Waals surface area (Å²) in [5, 5.41) is 28.1. The second-order valence-electron chi connectivity index (χ2n) is 3.56. The van der Waals surface area contributed by atoms with Gasteiger partial charge in [-0.3, -0.25) is 0 Å². The van der Waals surface area contributed by atoms with Crippen LogP contribution in [-0.2, 0) is 0 Å². The van der Waals surface area contributed by atoms with Gasteiger partial charge in [0.1, 0.15) is 0 Å². The van der Waals surface area contributed by atoms with Crippen LogP contribution in [0.5, 0.6) is 0 Å². The molecule has 0 aromatic carbocycles. The van der Waals surface area contributed by atoms with Crippen LogP contribution < -0.4 is 0 Å². The van der Waals surface area contributed by atoms with Gasteiger partial charge in [0.05, 0.1) is 23.4 Å². The van der Waals surface area contributed by atoms with Crippen LogP contribution in [0.15, 0.2) is 0 Å². The molecule has 0 amide bonds. The smallest absolute Gasteiger partial charge is 0.0821 e. The van der Waals surface area contributed by atoms with E-state index in [9.17, 15) is 10.2 Å². The highest BCUT2D eigenvalue weighted by atomic mass is 32.2. The van der Waals surface area contributed by atoms with Gasteiger partial charge in [-0.2, -0.15) is 0 Å². The zero-order valence-corrected chi connectivity index (χ0v) is 9.93. The van der Waals surface area contributed by atoms with Crippen LogP contribution in [0.2, 0.25) is 0 Å². The van der Waals surface area contributed by atoms with E-state index in [4.69, 9.17) is 5.11 Å². The summed E-state index contributed by atoms with van der Waals surface area (Å²) in [4.78, 5) is 0. The first-order valence-electron chi connectivity index (χ1n) is 4.87. The van der Waals surface area contributed by atoms with Gasteiger partial charge in [-0.05, 0) is 17.9 Å². The lowest BCUT2D eigenvalue weighted by molar-refractivity contribution is -0.00178. The fraction of sp³-hybridized carbons (Fsp3) is 1.00. The summed E-state index contributed by atoms with van der Waals surface area (Å²) in [6, 6.07) is 0. The standard InChI is InChI=1S/C9H18O3S2/c1-6(7(11)5-10)8(12)9-13-3-2-4-14-9/h6-12H,2-5H2,1H3/t6-,7-,8-/m1/s1. The minimum Gasteiger partial charge on any atom is -0.394 e. The number of hydrogen-bond donors (Lipinski definition) is 3. The largest absolute Gasteiger partial charge is 0.394 e. The van der Waals surface area contributed by atoms with Crippen molar-refractivity contribution in [2.24, 2.45) is 5.92 Å². The molecule has 1 rings (SSSR count). The maximum atomic E-state index is 9.93. The predicted octanol–water partition coefficient (Wildman–Crippen LogP) is 0.533. The van der Waals surface area contributed by atoms with Gasteiger partial charge < -0.3 is 15.3 Å². The molecular weight excluding hydrogens is 220 g/mol. The Morgan fingerprint density at radius 1 is 1.29 bits per heavy atom. The predicted molar refractivity (Wildman–Crippen MR) is 61.6 cm³/mol. The minimum absolute atomic E-state index is 0.153. The molecule has 0 aromatic rings. The molecular formula is C9H18O3S2. The zero-order valence-electron chi connectivity index (χ0n) is 8.30. The maximum Gasteiger partial charge on any atom is 0.0821 e. The van der Waals surface area contributed by atoms with Crippen molar-refractivity contribution in [3.63, 3.8) is 0 Å². The average molecular weight is 238 g/mol. The Bertz CT molecular complexity index is 160. The van der Waals surface area contributed by atoms with Crippen molar-refractivity contribution in [2.75, 3.05) is 18.1 Å². The van der Waals surface area contributed by atoms with Gasteiger partial charge >= 0.3 is 0 Å². The van der Waals surface area contributed by atoms with Crippen molar-refractivity contribution in [1.82, 2.24) is 0 Å². The number of hydrogen-bond acceptors (Lipinski definition) is 5. The molecule has 84 valence electrons. The average Bonchev–Trinajstić information content (AvgIpc) is 2.27. The summed E-state index contributed by atoms with van der Waals surface area (Å²) in [5.74, 6) is 1.90. The highest BCUT2D eigenvalue weighted by Gasteiger charge is 2.30. The lowest BCUT2D eigenvalue weighted by atomic mass is 10.00. The summed E-state index contributed by atoms with van der Waals surface area (Å²) < 4.78 is 0.153. The van der Waals surface area contributed by atoms with E-state index in [0.717, 1.165) is 11.5 Å². The van der Waals surface area contributed by atoms with Crippen LogP contribution in [0.4, 0.5) is 0 Å². The van der Waals surface area contributed by atoms with Crippen molar-refractivity contribution < 1.29 is 15.3 Å². The molecule has 5 heteroatoms. The lowest BCUT2D eigenvalue weighted by Gasteiger charge is -2.31. The third-order valence-electron chi connectivity index (χ3n) is 2.46. The highest BCUT2D eigenvalue weighted by Crippen LogP contribution is 2.35. The second kappa shape index (κ2) is 6.23. The summed E-state index contributed by atoms with van der Waals surface area (Å²) in [5.41, 5.74) is 0. The molecule has 0 aliphatic carbocycles. The summed E-state index contributed by atoms with van der Waals surface area (Å²) in [6.07, 6.45) is -0.157. The molecule has 1 aliphatic heterocycles.